The molecule has 0 aliphatic rings. The van der Waals surface area contributed by atoms with Gasteiger partial charge in [-0.2, -0.15) is 0 Å². The Morgan fingerprint density at radius 1 is 0.714 bits per heavy atom. The molecule has 0 aliphatic carbocycles. The van der Waals surface area contributed by atoms with E-state index in [0.717, 1.165) is 27.7 Å². The van der Waals surface area contributed by atoms with Crippen LogP contribution in [-0.4, -0.2) is 62.3 Å². The van der Waals surface area contributed by atoms with Crippen LogP contribution in [0.25, 0.3) is 0 Å². The van der Waals surface area contributed by atoms with Crippen LogP contribution in [0.3, 0.4) is 0 Å². The Bertz CT molecular complexity index is 393. The first-order valence-corrected chi connectivity index (χ1v) is 6.41. The number of carbonyl (C=O) groups excluding carboxylic acids is 2. The summed E-state index contributed by atoms with van der Waals surface area (Å²) in [6, 6.07) is -1.21. The summed E-state index contributed by atoms with van der Waals surface area (Å²) in [5.74, 6) is -6.09. The minimum Gasteiger partial charge on any atom is -0.550 e. The number of hydrogen-bond donors (Lipinski definition) is 5. The van der Waals surface area contributed by atoms with E-state index in [9.17, 15) is 19.8 Å². The summed E-state index contributed by atoms with van der Waals surface area (Å²) in [5, 5.41) is 49.3. The molecule has 0 bridgehead atoms. The van der Waals surface area contributed by atoms with Crippen molar-refractivity contribution in [1.29, 1.82) is 0 Å². The van der Waals surface area contributed by atoms with Crippen molar-refractivity contribution in [3.63, 3.8) is 0 Å². The SMILES string of the molecule is CC(=O)O.CC(=O)O.CC(=O)O.CC(=O)O.NC(CCC(=O)[O-])C(=O)[O-].[Na+].[Na+]. The van der Waals surface area contributed by atoms with Crippen molar-refractivity contribution < 1.29 is 119 Å². The fourth-order valence-corrected chi connectivity index (χ4v) is 0.391. The van der Waals surface area contributed by atoms with Crippen LogP contribution in [0.4, 0.5) is 0 Å². The number of carboxylic acid groups (broad SMARTS) is 6. The monoisotopic (exact) mass is 431 g/mol. The van der Waals surface area contributed by atoms with Crippen LogP contribution in [0.5, 0.6) is 0 Å². The molecule has 1 unspecified atom stereocenters. The molecule has 0 radical (unpaired) electrons. The molecular weight excluding hydrogens is 408 g/mol. The van der Waals surface area contributed by atoms with Gasteiger partial charge in [-0.05, 0) is 12.8 Å². The third kappa shape index (κ3) is 232. The minimum atomic E-state index is -1.44. The Morgan fingerprint density at radius 2 is 0.893 bits per heavy atom. The molecule has 154 valence electrons. The molecule has 0 aromatic heterocycles. The number of aliphatic carboxylic acids is 6. The van der Waals surface area contributed by atoms with Crippen molar-refractivity contribution in [3.05, 3.63) is 0 Å². The average molecular weight is 431 g/mol. The van der Waals surface area contributed by atoms with Gasteiger partial charge in [-0.15, -0.1) is 0 Å². The summed E-state index contributed by atoms with van der Waals surface area (Å²) in [6.45, 7) is 4.33. The molecule has 0 saturated carbocycles. The van der Waals surface area contributed by atoms with E-state index in [4.69, 9.17) is 45.3 Å². The summed E-state index contributed by atoms with van der Waals surface area (Å²) in [6.07, 6.45) is -0.500. The second kappa shape index (κ2) is 33.4. The van der Waals surface area contributed by atoms with Crippen LogP contribution in [-0.2, 0) is 28.8 Å². The second-order valence-corrected chi connectivity index (χ2v) is 3.91. The minimum absolute atomic E-state index is 0. The maximum Gasteiger partial charge on any atom is 1.00 e. The Morgan fingerprint density at radius 3 is 1.00 bits per heavy atom. The maximum absolute atomic E-state index is 9.86. The number of hydrogen-bond acceptors (Lipinski definition) is 9. The third-order valence-electron chi connectivity index (χ3n) is 0.962. The summed E-state index contributed by atoms with van der Waals surface area (Å²) in [7, 11) is 0. The van der Waals surface area contributed by atoms with Gasteiger partial charge in [0.05, 0.1) is 5.97 Å². The summed E-state index contributed by atoms with van der Waals surface area (Å²) in [4.78, 5) is 55.6. The largest absolute Gasteiger partial charge is 1.00 e. The first kappa shape index (κ1) is 45.5. The Kier molecular flexibility index (Phi) is 54.2. The van der Waals surface area contributed by atoms with E-state index in [1.165, 1.54) is 0 Å². The molecule has 0 spiro atoms. The average Bonchev–Trinajstić information content (AvgIpc) is 2.32. The zero-order valence-corrected chi connectivity index (χ0v) is 20.6. The van der Waals surface area contributed by atoms with E-state index >= 15 is 0 Å². The summed E-state index contributed by atoms with van der Waals surface area (Å²) in [5.41, 5.74) is 4.91. The summed E-state index contributed by atoms with van der Waals surface area (Å²) >= 11 is 0. The van der Waals surface area contributed by atoms with Crippen LogP contribution in [0.2, 0.25) is 0 Å². The quantitative estimate of drug-likeness (QED) is 0.259. The van der Waals surface area contributed by atoms with Crippen LogP contribution in [0, 0.1) is 0 Å². The zero-order chi connectivity index (χ0) is 22.5. The second-order valence-electron chi connectivity index (χ2n) is 3.91. The van der Waals surface area contributed by atoms with Gasteiger partial charge in [-0.1, -0.05) is 0 Å². The number of nitrogens with two attached hydrogens (primary N) is 1. The molecule has 0 saturated heterocycles. The normalized spacial score (nSPS) is 8.04. The van der Waals surface area contributed by atoms with Crippen LogP contribution in [0.1, 0.15) is 40.5 Å². The standard InChI is InChI=1S/C5H9NO4.4C2H4O2.2Na/c6-3(5(9)10)1-2-4(7)8;4*1-2(3)4;;/h3H,1-2,6H2,(H,7,8)(H,9,10);4*1H3,(H,3,4);;/q;;;;;2*+1/p-2. The third-order valence-corrected chi connectivity index (χ3v) is 0.962. The van der Waals surface area contributed by atoms with Crippen molar-refractivity contribution in [2.24, 2.45) is 5.73 Å². The van der Waals surface area contributed by atoms with Crippen LogP contribution < -0.4 is 75.1 Å². The first-order valence-electron chi connectivity index (χ1n) is 6.41. The van der Waals surface area contributed by atoms with Gasteiger partial charge < -0.3 is 46.0 Å². The van der Waals surface area contributed by atoms with Gasteiger partial charge in [-0.3, -0.25) is 19.2 Å². The van der Waals surface area contributed by atoms with Crippen LogP contribution >= 0.6 is 0 Å². The van der Waals surface area contributed by atoms with Gasteiger partial charge in [0, 0.05) is 39.7 Å². The van der Waals surface area contributed by atoms with Gasteiger partial charge in [0.2, 0.25) is 0 Å². The maximum atomic E-state index is 9.86. The van der Waals surface area contributed by atoms with E-state index in [-0.39, 0.29) is 72.0 Å². The van der Waals surface area contributed by atoms with Crippen molar-refractivity contribution in [1.82, 2.24) is 0 Å². The molecule has 13 nitrogen and oxygen atoms in total. The fourth-order valence-electron chi connectivity index (χ4n) is 0.391. The molecule has 0 fully saturated rings. The molecular formula is C13H23NNa2O12. The molecule has 0 heterocycles. The molecule has 1 atom stereocenters. The zero-order valence-electron chi connectivity index (χ0n) is 16.6. The number of carboxylic acids is 6. The molecule has 0 aliphatic heterocycles. The van der Waals surface area contributed by atoms with Gasteiger partial charge in [-0.25, -0.2) is 0 Å². The van der Waals surface area contributed by atoms with Crippen molar-refractivity contribution >= 4 is 35.8 Å². The number of rotatable bonds is 4. The molecule has 6 N–H and O–H groups in total. The van der Waals surface area contributed by atoms with Gasteiger partial charge in [0.25, 0.3) is 23.9 Å². The van der Waals surface area contributed by atoms with E-state index < -0.39 is 41.9 Å². The molecule has 0 rings (SSSR count). The van der Waals surface area contributed by atoms with Gasteiger partial charge in [0.15, 0.2) is 0 Å². The smallest absolute Gasteiger partial charge is 0.550 e. The topological polar surface area (TPSA) is 255 Å². The number of carbonyl (C=O) groups is 6. The Balaban J connectivity index is -0.0000000420. The van der Waals surface area contributed by atoms with E-state index in [1.807, 2.05) is 0 Å². The summed E-state index contributed by atoms with van der Waals surface area (Å²) < 4.78 is 0. The van der Waals surface area contributed by atoms with E-state index in [0.29, 0.717) is 0 Å². The van der Waals surface area contributed by atoms with E-state index in [1.54, 1.807) is 0 Å². The van der Waals surface area contributed by atoms with Crippen molar-refractivity contribution in [2.45, 2.75) is 46.6 Å². The molecule has 28 heavy (non-hydrogen) atoms. The van der Waals surface area contributed by atoms with Gasteiger partial charge >= 0.3 is 59.1 Å². The molecule has 15 heteroatoms. The van der Waals surface area contributed by atoms with Crippen molar-refractivity contribution in [2.75, 3.05) is 0 Å². The first-order chi connectivity index (χ1) is 11.5. The molecule has 0 amide bonds. The fraction of sp³-hybridized carbons (Fsp3) is 0.538. The molecule has 0 aromatic carbocycles. The predicted octanol–water partition coefficient (Wildman–Crippen LogP) is -9.03. The van der Waals surface area contributed by atoms with E-state index in [2.05, 4.69) is 0 Å². The van der Waals surface area contributed by atoms with Crippen LogP contribution in [0.15, 0.2) is 0 Å². The Labute approximate surface area is 205 Å². The molecule has 0 aromatic rings. The van der Waals surface area contributed by atoms with Crippen molar-refractivity contribution in [3.8, 4) is 0 Å². The predicted molar refractivity (Wildman–Crippen MR) is 80.5 cm³/mol. The Hall–Kier alpha value is -1.22. The van der Waals surface area contributed by atoms with Gasteiger partial charge in [0.1, 0.15) is 0 Å².